The van der Waals surface area contributed by atoms with Gasteiger partial charge in [0.15, 0.2) is 11.5 Å². The monoisotopic (exact) mass is 448 g/mol. The molecule has 5 aromatic rings. The van der Waals surface area contributed by atoms with E-state index in [1.54, 1.807) is 0 Å². The van der Waals surface area contributed by atoms with E-state index < -0.39 is 0 Å². The summed E-state index contributed by atoms with van der Waals surface area (Å²) in [6, 6.07) is 26.6. The molecule has 2 aromatic heterocycles. The summed E-state index contributed by atoms with van der Waals surface area (Å²) in [7, 11) is 0. The van der Waals surface area contributed by atoms with Crippen molar-refractivity contribution in [3.05, 3.63) is 95.6 Å². The third kappa shape index (κ3) is 3.96. The third-order valence-corrected chi connectivity index (χ3v) is 6.36. The van der Waals surface area contributed by atoms with Crippen LogP contribution in [0, 0.1) is 0 Å². The molecule has 0 aliphatic carbocycles. The Balaban J connectivity index is 1.68. The van der Waals surface area contributed by atoms with Gasteiger partial charge in [-0.2, -0.15) is 0 Å². The summed E-state index contributed by atoms with van der Waals surface area (Å²) in [6.07, 6.45) is 2.68. The van der Waals surface area contributed by atoms with Crippen LogP contribution in [-0.4, -0.2) is 10.3 Å². The average molecular weight is 449 g/mol. The summed E-state index contributed by atoms with van der Waals surface area (Å²) >= 11 is 0. The zero-order valence-corrected chi connectivity index (χ0v) is 19.8. The van der Waals surface area contributed by atoms with Crippen LogP contribution in [-0.2, 0) is 19.3 Å². The zero-order valence-electron chi connectivity index (χ0n) is 19.8. The van der Waals surface area contributed by atoms with Gasteiger partial charge < -0.3 is 9.05 Å². The molecule has 0 aliphatic heterocycles. The molecule has 0 aliphatic rings. The number of aryl methyl sites for hydroxylation is 2. The predicted molar refractivity (Wildman–Crippen MR) is 136 cm³/mol. The topological polar surface area (TPSA) is 52.1 Å². The summed E-state index contributed by atoms with van der Waals surface area (Å²) in [6.45, 7) is 6.58. The maximum Gasteiger partial charge on any atom is 0.167 e. The average Bonchev–Trinajstić information content (AvgIpc) is 3.59. The van der Waals surface area contributed by atoms with Crippen LogP contribution < -0.4 is 0 Å². The molecule has 4 heteroatoms. The maximum atomic E-state index is 5.78. The number of hydrogen-bond donors (Lipinski definition) is 0. The smallest absolute Gasteiger partial charge is 0.167 e. The van der Waals surface area contributed by atoms with Crippen LogP contribution in [0.3, 0.4) is 0 Å². The van der Waals surface area contributed by atoms with Crippen LogP contribution >= 0.6 is 0 Å². The summed E-state index contributed by atoms with van der Waals surface area (Å²) in [5.74, 6) is 1.54. The van der Waals surface area contributed by atoms with Crippen LogP contribution in [0.4, 0.5) is 0 Å². The van der Waals surface area contributed by atoms with Gasteiger partial charge in [0.05, 0.1) is 0 Å². The lowest BCUT2D eigenvalue weighted by atomic mass is 9.85. The van der Waals surface area contributed by atoms with Gasteiger partial charge >= 0.3 is 0 Å². The number of hydrogen-bond acceptors (Lipinski definition) is 4. The second kappa shape index (κ2) is 9.52. The Morgan fingerprint density at radius 3 is 1.38 bits per heavy atom. The van der Waals surface area contributed by atoms with Gasteiger partial charge in [0, 0.05) is 34.4 Å². The van der Waals surface area contributed by atoms with Crippen molar-refractivity contribution in [3.8, 4) is 45.2 Å². The summed E-state index contributed by atoms with van der Waals surface area (Å²) in [5, 5.41) is 9.01. The highest BCUT2D eigenvalue weighted by Crippen LogP contribution is 2.40. The molecule has 0 unspecified atom stereocenters. The molecule has 170 valence electrons. The molecule has 0 radical (unpaired) electrons. The Morgan fingerprint density at radius 2 is 1.00 bits per heavy atom. The van der Waals surface area contributed by atoms with E-state index in [1.807, 2.05) is 60.7 Å². The Morgan fingerprint density at radius 1 is 0.559 bits per heavy atom. The van der Waals surface area contributed by atoms with E-state index in [-0.39, 0.29) is 0 Å². The second-order valence-electron chi connectivity index (χ2n) is 8.37. The van der Waals surface area contributed by atoms with Crippen molar-refractivity contribution >= 4 is 0 Å². The fourth-order valence-electron chi connectivity index (χ4n) is 4.68. The minimum absolute atomic E-state index is 0.772. The number of benzene rings is 3. The molecule has 0 atom stereocenters. The van der Waals surface area contributed by atoms with E-state index in [2.05, 4.69) is 49.3 Å². The van der Waals surface area contributed by atoms with Gasteiger partial charge in [0.25, 0.3) is 0 Å². The summed E-state index contributed by atoms with van der Waals surface area (Å²) in [5.41, 5.74) is 9.84. The molecule has 4 nitrogen and oxygen atoms in total. The largest absolute Gasteiger partial charge is 0.356 e. The normalized spacial score (nSPS) is 11.1. The Labute approximate surface area is 200 Å². The standard InChI is InChI=1S/C30H28N2O2/c1-4-20-17-21(5-2)30(26-19-28(34-32-26)23-15-11-8-12-16-23)24(6-3)29(20)25-18-27(33-31-25)22-13-9-7-10-14-22/h7-19H,4-6H2,1-3H3. The second-order valence-corrected chi connectivity index (χ2v) is 8.37. The first-order chi connectivity index (χ1) is 16.7. The van der Waals surface area contributed by atoms with Gasteiger partial charge in [-0.05, 0) is 36.0 Å². The molecule has 2 heterocycles. The minimum atomic E-state index is 0.772. The number of rotatable bonds is 7. The maximum absolute atomic E-state index is 5.78. The van der Waals surface area contributed by atoms with E-state index in [0.717, 1.165) is 64.4 Å². The summed E-state index contributed by atoms with van der Waals surface area (Å²) in [4.78, 5) is 0. The molecule has 0 saturated heterocycles. The molecule has 5 rings (SSSR count). The highest BCUT2D eigenvalue weighted by Gasteiger charge is 2.23. The Bertz CT molecular complexity index is 1290. The van der Waals surface area contributed by atoms with Crippen molar-refractivity contribution < 1.29 is 9.05 Å². The van der Waals surface area contributed by atoms with Crippen LogP contribution in [0.1, 0.15) is 37.5 Å². The molecule has 3 aromatic carbocycles. The van der Waals surface area contributed by atoms with Crippen LogP contribution in [0.2, 0.25) is 0 Å². The van der Waals surface area contributed by atoms with Gasteiger partial charge in [0.1, 0.15) is 11.4 Å². The molecular weight excluding hydrogens is 420 g/mol. The van der Waals surface area contributed by atoms with Crippen LogP contribution in [0.15, 0.2) is 87.9 Å². The lowest BCUT2D eigenvalue weighted by molar-refractivity contribution is 0.434. The lowest BCUT2D eigenvalue weighted by Crippen LogP contribution is -2.03. The lowest BCUT2D eigenvalue weighted by Gasteiger charge is -2.18. The first kappa shape index (κ1) is 21.9. The Kier molecular flexibility index (Phi) is 6.13. The van der Waals surface area contributed by atoms with Gasteiger partial charge in [-0.15, -0.1) is 0 Å². The first-order valence-electron chi connectivity index (χ1n) is 12.0. The number of nitrogens with zero attached hydrogens (tertiary/aromatic N) is 2. The molecule has 0 bridgehead atoms. The zero-order chi connectivity index (χ0) is 23.5. The van der Waals surface area contributed by atoms with Crippen LogP contribution in [0.5, 0.6) is 0 Å². The van der Waals surface area contributed by atoms with E-state index in [1.165, 1.54) is 16.7 Å². The minimum Gasteiger partial charge on any atom is -0.356 e. The predicted octanol–water partition coefficient (Wildman–Crippen LogP) is 8.02. The fraction of sp³-hybridized carbons (Fsp3) is 0.200. The molecule has 0 saturated carbocycles. The highest BCUT2D eigenvalue weighted by molar-refractivity contribution is 5.82. The van der Waals surface area contributed by atoms with E-state index >= 15 is 0 Å². The van der Waals surface area contributed by atoms with E-state index in [9.17, 15) is 0 Å². The van der Waals surface area contributed by atoms with Gasteiger partial charge in [-0.1, -0.05) is 97.8 Å². The Hall–Kier alpha value is -3.92. The van der Waals surface area contributed by atoms with Crippen molar-refractivity contribution in [2.24, 2.45) is 0 Å². The molecule has 0 N–H and O–H groups in total. The van der Waals surface area contributed by atoms with Crippen molar-refractivity contribution in [1.82, 2.24) is 10.3 Å². The van der Waals surface area contributed by atoms with Crippen molar-refractivity contribution in [2.75, 3.05) is 0 Å². The fourth-order valence-corrected chi connectivity index (χ4v) is 4.68. The van der Waals surface area contributed by atoms with Crippen molar-refractivity contribution in [3.63, 3.8) is 0 Å². The molecule has 34 heavy (non-hydrogen) atoms. The van der Waals surface area contributed by atoms with E-state index in [4.69, 9.17) is 9.05 Å². The van der Waals surface area contributed by atoms with E-state index in [0.29, 0.717) is 0 Å². The van der Waals surface area contributed by atoms with Crippen molar-refractivity contribution in [2.45, 2.75) is 40.0 Å². The SMILES string of the molecule is CCc1cc(CC)c(-c2cc(-c3ccccc3)on2)c(CC)c1-c1cc(-c2ccccc2)on1. The quantitative estimate of drug-likeness (QED) is 0.253. The third-order valence-electron chi connectivity index (χ3n) is 6.36. The molecule has 0 fully saturated rings. The molecule has 0 spiro atoms. The first-order valence-corrected chi connectivity index (χ1v) is 12.0. The van der Waals surface area contributed by atoms with Crippen LogP contribution in [0.25, 0.3) is 45.2 Å². The van der Waals surface area contributed by atoms with Gasteiger partial charge in [0.2, 0.25) is 0 Å². The molecular formula is C30H28N2O2. The van der Waals surface area contributed by atoms with Gasteiger partial charge in [-0.3, -0.25) is 0 Å². The summed E-state index contributed by atoms with van der Waals surface area (Å²) < 4.78 is 11.6. The number of aromatic nitrogens is 2. The molecule has 0 amide bonds. The van der Waals surface area contributed by atoms with Crippen molar-refractivity contribution in [1.29, 1.82) is 0 Å². The highest BCUT2D eigenvalue weighted by atomic mass is 16.5. The van der Waals surface area contributed by atoms with Gasteiger partial charge in [-0.25, -0.2) is 0 Å².